The van der Waals surface area contributed by atoms with Crippen LogP contribution in [0.2, 0.25) is 0 Å². The Morgan fingerprint density at radius 2 is 2.03 bits per heavy atom. The molecular formula is C30H40N2O6. The molecule has 2 bridgehead atoms. The molecule has 38 heavy (non-hydrogen) atoms. The van der Waals surface area contributed by atoms with Crippen molar-refractivity contribution in [1.82, 2.24) is 4.90 Å². The summed E-state index contributed by atoms with van der Waals surface area (Å²) in [6, 6.07) is 4.89. The second kappa shape index (κ2) is 10.7. The molecule has 0 aliphatic carbocycles. The predicted molar refractivity (Wildman–Crippen MR) is 144 cm³/mol. The fourth-order valence-electron chi connectivity index (χ4n) is 6.81. The van der Waals surface area contributed by atoms with E-state index in [1.807, 2.05) is 45.9 Å². The van der Waals surface area contributed by atoms with Gasteiger partial charge in [-0.25, -0.2) is 0 Å². The lowest BCUT2D eigenvalue weighted by molar-refractivity contribution is -0.161. The number of carbonyl (C=O) groups excluding carboxylic acids is 3. The molecule has 8 nitrogen and oxygen atoms in total. The van der Waals surface area contributed by atoms with Gasteiger partial charge in [-0.15, -0.1) is 13.2 Å². The van der Waals surface area contributed by atoms with E-state index in [0.717, 1.165) is 16.8 Å². The van der Waals surface area contributed by atoms with Crippen LogP contribution in [0.15, 0.2) is 43.5 Å². The Hall–Kier alpha value is -2.97. The normalized spacial score (nSPS) is 31.3. The zero-order valence-corrected chi connectivity index (χ0v) is 22.9. The second-order valence-corrected chi connectivity index (χ2v) is 11.1. The number of aliphatic hydroxyl groups is 1. The number of ether oxygens (including phenoxy) is 2. The van der Waals surface area contributed by atoms with Gasteiger partial charge in [0, 0.05) is 18.8 Å². The van der Waals surface area contributed by atoms with Crippen molar-refractivity contribution in [3.8, 4) is 0 Å². The van der Waals surface area contributed by atoms with Gasteiger partial charge in [0.25, 0.3) is 5.91 Å². The minimum Gasteiger partial charge on any atom is -0.465 e. The fraction of sp³-hybridized carbons (Fsp3) is 0.567. The number of nitrogens with zero attached hydrogens (tertiary/aromatic N) is 2. The van der Waals surface area contributed by atoms with Crippen LogP contribution in [0.3, 0.4) is 0 Å². The number of anilines is 1. The molecule has 0 radical (unpaired) electrons. The summed E-state index contributed by atoms with van der Waals surface area (Å²) in [5.74, 6) is -2.91. The van der Waals surface area contributed by atoms with Gasteiger partial charge in [-0.2, -0.15) is 0 Å². The molecular weight excluding hydrogens is 484 g/mol. The largest absolute Gasteiger partial charge is 0.465 e. The van der Waals surface area contributed by atoms with E-state index in [1.54, 1.807) is 17.1 Å². The van der Waals surface area contributed by atoms with E-state index in [2.05, 4.69) is 13.2 Å². The molecule has 3 heterocycles. The number of allylic oxidation sites excluding steroid dienone is 1. The van der Waals surface area contributed by atoms with E-state index in [1.165, 1.54) is 4.90 Å². The van der Waals surface area contributed by atoms with Crippen molar-refractivity contribution in [2.45, 2.75) is 64.2 Å². The van der Waals surface area contributed by atoms with E-state index in [0.29, 0.717) is 19.3 Å². The Balaban J connectivity index is 1.77. The third-order valence-electron chi connectivity index (χ3n) is 8.67. The first-order valence-corrected chi connectivity index (χ1v) is 13.5. The first kappa shape index (κ1) is 28.0. The summed E-state index contributed by atoms with van der Waals surface area (Å²) in [6.07, 6.45) is 5.23. The van der Waals surface area contributed by atoms with Gasteiger partial charge in [0.1, 0.15) is 17.6 Å². The molecule has 3 aliphatic heterocycles. The molecule has 1 N–H and O–H groups in total. The number of rotatable bonds is 11. The molecule has 3 aliphatic rings. The minimum atomic E-state index is -1.19. The molecule has 4 rings (SSSR count). The van der Waals surface area contributed by atoms with Crippen molar-refractivity contribution < 1.29 is 29.0 Å². The monoisotopic (exact) mass is 524 g/mol. The highest BCUT2D eigenvalue weighted by atomic mass is 16.6. The third-order valence-corrected chi connectivity index (χ3v) is 8.67. The Kier molecular flexibility index (Phi) is 7.86. The molecule has 0 aromatic heterocycles. The van der Waals surface area contributed by atoms with Gasteiger partial charge in [-0.1, -0.05) is 31.2 Å². The van der Waals surface area contributed by atoms with Gasteiger partial charge in [-0.05, 0) is 63.1 Å². The summed E-state index contributed by atoms with van der Waals surface area (Å²) in [5.41, 5.74) is 0.505. The topological polar surface area (TPSA) is 96.4 Å². The SMILES string of the molecule is C=CCCCOC(=O)[C@H]1[C@H]2C(=O)N(CCO)C(C(=O)N(CC=C)c3cc(C)ccc3C)C23CC(C)[C@]1(C)O3. The number of hydrogen-bond acceptors (Lipinski definition) is 6. The average Bonchev–Trinajstić information content (AvgIpc) is 3.38. The van der Waals surface area contributed by atoms with Crippen molar-refractivity contribution in [2.24, 2.45) is 17.8 Å². The Morgan fingerprint density at radius 1 is 1.29 bits per heavy atom. The fourth-order valence-corrected chi connectivity index (χ4v) is 6.81. The summed E-state index contributed by atoms with van der Waals surface area (Å²) in [5, 5.41) is 9.88. The van der Waals surface area contributed by atoms with Crippen molar-refractivity contribution in [2.75, 3.05) is 31.2 Å². The zero-order chi connectivity index (χ0) is 27.8. The molecule has 3 fully saturated rings. The highest BCUT2D eigenvalue weighted by Crippen LogP contribution is 2.65. The number of fused-ring (bicyclic) bond motifs is 1. The lowest BCUT2D eigenvalue weighted by Gasteiger charge is -2.37. The van der Waals surface area contributed by atoms with Gasteiger partial charge in [0.05, 0.1) is 24.7 Å². The summed E-state index contributed by atoms with van der Waals surface area (Å²) in [7, 11) is 0. The molecule has 3 unspecified atom stereocenters. The number of aryl methyl sites for hydroxylation is 2. The lowest BCUT2D eigenvalue weighted by Crippen LogP contribution is -2.57. The van der Waals surface area contributed by atoms with Crippen LogP contribution in [-0.2, 0) is 23.9 Å². The van der Waals surface area contributed by atoms with Crippen molar-refractivity contribution in [1.29, 1.82) is 0 Å². The number of aliphatic hydroxyl groups excluding tert-OH is 1. The molecule has 3 saturated heterocycles. The number of esters is 1. The van der Waals surface area contributed by atoms with Gasteiger partial charge in [-0.3, -0.25) is 14.4 Å². The van der Waals surface area contributed by atoms with Crippen LogP contribution in [-0.4, -0.2) is 71.3 Å². The first-order valence-electron chi connectivity index (χ1n) is 13.5. The van der Waals surface area contributed by atoms with Gasteiger partial charge in [0.15, 0.2) is 0 Å². The highest BCUT2D eigenvalue weighted by Gasteiger charge is 2.80. The van der Waals surface area contributed by atoms with Crippen LogP contribution in [0.4, 0.5) is 5.69 Å². The smallest absolute Gasteiger partial charge is 0.312 e. The number of benzene rings is 1. The van der Waals surface area contributed by atoms with Gasteiger partial charge >= 0.3 is 5.97 Å². The van der Waals surface area contributed by atoms with E-state index < -0.39 is 35.0 Å². The van der Waals surface area contributed by atoms with E-state index in [9.17, 15) is 19.5 Å². The molecule has 6 atom stereocenters. The second-order valence-electron chi connectivity index (χ2n) is 11.1. The van der Waals surface area contributed by atoms with Crippen molar-refractivity contribution >= 4 is 23.5 Å². The zero-order valence-electron chi connectivity index (χ0n) is 22.9. The number of unbranched alkanes of at least 4 members (excludes halogenated alkanes) is 1. The maximum Gasteiger partial charge on any atom is 0.312 e. The quantitative estimate of drug-likeness (QED) is 0.271. The Bertz CT molecular complexity index is 1130. The maximum absolute atomic E-state index is 14.5. The van der Waals surface area contributed by atoms with Crippen LogP contribution >= 0.6 is 0 Å². The van der Waals surface area contributed by atoms with Gasteiger partial charge < -0.3 is 24.4 Å². The number of carbonyl (C=O) groups is 3. The van der Waals surface area contributed by atoms with E-state index in [4.69, 9.17) is 9.47 Å². The summed E-state index contributed by atoms with van der Waals surface area (Å²) in [6.45, 7) is 15.4. The summed E-state index contributed by atoms with van der Waals surface area (Å²) in [4.78, 5) is 45.0. The predicted octanol–water partition coefficient (Wildman–Crippen LogP) is 3.33. The average molecular weight is 525 g/mol. The van der Waals surface area contributed by atoms with Crippen LogP contribution in [0, 0.1) is 31.6 Å². The third kappa shape index (κ3) is 4.28. The molecule has 206 valence electrons. The number of amides is 2. The molecule has 2 amide bonds. The first-order chi connectivity index (χ1) is 18.1. The summed E-state index contributed by atoms with van der Waals surface area (Å²) >= 11 is 0. The molecule has 1 aromatic carbocycles. The van der Waals surface area contributed by atoms with E-state index in [-0.39, 0.29) is 44.0 Å². The number of β-amino-alcohol motifs (C(OH)–C–C–N with tert-alkyl or cyclic N) is 1. The lowest BCUT2D eigenvalue weighted by atomic mass is 9.62. The van der Waals surface area contributed by atoms with Crippen LogP contribution in [0.25, 0.3) is 0 Å². The maximum atomic E-state index is 14.5. The molecule has 1 aromatic rings. The molecule has 1 spiro atoms. The number of hydrogen-bond donors (Lipinski definition) is 1. The van der Waals surface area contributed by atoms with Gasteiger partial charge in [0.2, 0.25) is 5.91 Å². The number of likely N-dealkylation sites (tertiary alicyclic amines) is 1. The van der Waals surface area contributed by atoms with Crippen LogP contribution in [0.1, 0.15) is 44.2 Å². The van der Waals surface area contributed by atoms with Crippen molar-refractivity contribution in [3.63, 3.8) is 0 Å². The molecule has 8 heteroatoms. The minimum absolute atomic E-state index is 0.0300. The molecule has 0 saturated carbocycles. The highest BCUT2D eigenvalue weighted by molar-refractivity contribution is 6.05. The Morgan fingerprint density at radius 3 is 2.68 bits per heavy atom. The summed E-state index contributed by atoms with van der Waals surface area (Å²) < 4.78 is 12.3. The Labute approximate surface area is 225 Å². The van der Waals surface area contributed by atoms with Crippen LogP contribution < -0.4 is 4.90 Å². The van der Waals surface area contributed by atoms with Crippen molar-refractivity contribution in [3.05, 3.63) is 54.6 Å². The van der Waals surface area contributed by atoms with E-state index >= 15 is 0 Å². The standard InChI is InChI=1S/C30H40N2O6/c1-7-9-10-16-37-28(36)24-23-26(34)32(14-15-33)25(30(23)18-21(5)29(24,6)38-30)27(35)31(13-8-2)22-17-19(3)11-12-20(22)4/h7-8,11-12,17,21,23-25,33H,1-2,9-10,13-16,18H2,3-6H3/t21?,23-,24+,25?,29-,30?/m0/s1. The van der Waals surface area contributed by atoms with Crippen LogP contribution in [0.5, 0.6) is 0 Å².